The summed E-state index contributed by atoms with van der Waals surface area (Å²) in [4.78, 5) is 10.4. The molecule has 0 spiro atoms. The van der Waals surface area contributed by atoms with Crippen LogP contribution in [0, 0.1) is 0 Å². The largest absolute Gasteiger partial charge is 0.501 e. The van der Waals surface area contributed by atoms with Crippen molar-refractivity contribution in [3.8, 4) is 0 Å². The molecule has 6 heteroatoms. The van der Waals surface area contributed by atoms with Gasteiger partial charge >= 0.3 is 5.97 Å². The van der Waals surface area contributed by atoms with Crippen molar-refractivity contribution in [2.75, 3.05) is 13.4 Å². The molecule has 0 aromatic heterocycles. The topological polar surface area (TPSA) is 80.7 Å². The lowest BCUT2D eigenvalue weighted by Crippen LogP contribution is -2.06. The molecule has 1 N–H and O–H groups in total. The smallest absolute Gasteiger partial charge is 0.373 e. The highest BCUT2D eigenvalue weighted by Crippen LogP contribution is 1.95. The van der Waals surface area contributed by atoms with Crippen LogP contribution in [-0.2, 0) is 19.4 Å². The monoisotopic (exact) mass is 180 g/mol. The van der Waals surface area contributed by atoms with Gasteiger partial charge in [0.15, 0.2) is 9.84 Å². The fourth-order valence-electron chi connectivity index (χ4n) is 0.355. The molecule has 0 fully saturated rings. The van der Waals surface area contributed by atoms with Crippen LogP contribution in [0.5, 0.6) is 0 Å². The van der Waals surface area contributed by atoms with E-state index < -0.39 is 21.6 Å². The van der Waals surface area contributed by atoms with E-state index in [0.717, 1.165) is 13.4 Å². The van der Waals surface area contributed by atoms with E-state index in [1.807, 2.05) is 0 Å². The highest BCUT2D eigenvalue weighted by molar-refractivity contribution is 7.93. The van der Waals surface area contributed by atoms with Gasteiger partial charge in [0.2, 0.25) is 5.76 Å². The van der Waals surface area contributed by atoms with Crippen LogP contribution in [0.1, 0.15) is 0 Å². The van der Waals surface area contributed by atoms with Gasteiger partial charge in [0.1, 0.15) is 0 Å². The lowest BCUT2D eigenvalue weighted by molar-refractivity contribution is -0.139. The molecule has 0 saturated heterocycles. The molecule has 11 heavy (non-hydrogen) atoms. The average Bonchev–Trinajstić information content (AvgIpc) is 1.82. The average molecular weight is 180 g/mol. The zero-order valence-electron chi connectivity index (χ0n) is 6.07. The predicted molar refractivity (Wildman–Crippen MR) is 37.6 cm³/mol. The Hall–Kier alpha value is -1.04. The van der Waals surface area contributed by atoms with Crippen molar-refractivity contribution in [3.05, 3.63) is 11.2 Å². The molecule has 0 bridgehead atoms. The van der Waals surface area contributed by atoms with Crippen molar-refractivity contribution in [2.24, 2.45) is 0 Å². The van der Waals surface area contributed by atoms with E-state index in [9.17, 15) is 13.2 Å². The number of ether oxygens (including phenoxy) is 1. The van der Waals surface area contributed by atoms with Crippen LogP contribution >= 0.6 is 0 Å². The highest BCUT2D eigenvalue weighted by Gasteiger charge is 2.09. The van der Waals surface area contributed by atoms with Gasteiger partial charge in [-0.1, -0.05) is 0 Å². The van der Waals surface area contributed by atoms with Crippen LogP contribution in [0.15, 0.2) is 11.2 Å². The zero-order chi connectivity index (χ0) is 9.07. The van der Waals surface area contributed by atoms with Crippen molar-refractivity contribution in [1.82, 2.24) is 0 Å². The molecule has 0 aliphatic rings. The fraction of sp³-hybridized carbons (Fsp3) is 0.400. The number of sulfone groups is 1. The molecule has 0 rings (SSSR count). The number of hydrogen-bond donors (Lipinski definition) is 1. The van der Waals surface area contributed by atoms with E-state index in [2.05, 4.69) is 4.74 Å². The van der Waals surface area contributed by atoms with Gasteiger partial charge < -0.3 is 9.84 Å². The molecule has 0 atom stereocenters. The third-order valence-corrected chi connectivity index (χ3v) is 1.37. The first kappa shape index (κ1) is 9.96. The summed E-state index contributed by atoms with van der Waals surface area (Å²) in [6.45, 7) is 0. The lowest BCUT2D eigenvalue weighted by atomic mass is 10.6. The number of aliphatic hydroxyl groups excluding tert-OH is 1. The summed E-state index contributed by atoms with van der Waals surface area (Å²) in [5, 5.41) is 9.09. The van der Waals surface area contributed by atoms with Gasteiger partial charge in [0.25, 0.3) is 0 Å². The van der Waals surface area contributed by atoms with Gasteiger partial charge in [-0.2, -0.15) is 0 Å². The normalized spacial score (nSPS) is 12.7. The van der Waals surface area contributed by atoms with Crippen molar-refractivity contribution < 1.29 is 23.1 Å². The molecule has 5 nitrogen and oxygen atoms in total. The standard InChI is InChI=1S/C5H8O5S/c1-10-5(7)4(6)3-11(2,8)9/h3,6H,1-2H3/b4-3-. The first-order valence-electron chi connectivity index (χ1n) is 2.56. The highest BCUT2D eigenvalue weighted by atomic mass is 32.2. The van der Waals surface area contributed by atoms with Gasteiger partial charge in [-0.25, -0.2) is 13.2 Å². The third kappa shape index (κ3) is 4.38. The summed E-state index contributed by atoms with van der Waals surface area (Å²) in [5.41, 5.74) is 0. The van der Waals surface area contributed by atoms with Crippen LogP contribution in [0.4, 0.5) is 0 Å². The number of methoxy groups -OCH3 is 1. The maximum atomic E-state index is 10.4. The lowest BCUT2D eigenvalue weighted by Gasteiger charge is -1.94. The SMILES string of the molecule is COC(=O)/C(O)=C/S(C)(=O)=O. The molecule has 0 aliphatic carbocycles. The molecule has 64 valence electrons. The Morgan fingerprint density at radius 3 is 2.27 bits per heavy atom. The number of rotatable bonds is 2. The minimum atomic E-state index is -3.49. The second kappa shape index (κ2) is 3.38. The third-order valence-electron chi connectivity index (χ3n) is 0.720. The molecule has 0 aromatic rings. The van der Waals surface area contributed by atoms with Crippen molar-refractivity contribution in [2.45, 2.75) is 0 Å². The molecular formula is C5H8O5S. The zero-order valence-corrected chi connectivity index (χ0v) is 6.88. The fourth-order valence-corrected chi connectivity index (χ4v) is 0.857. The quantitative estimate of drug-likeness (QED) is 0.355. The number of hydrogen-bond acceptors (Lipinski definition) is 5. The van der Waals surface area contributed by atoms with E-state index in [-0.39, 0.29) is 0 Å². The van der Waals surface area contributed by atoms with Crippen molar-refractivity contribution in [3.63, 3.8) is 0 Å². The molecule has 0 amide bonds. The molecule has 0 aliphatic heterocycles. The molecule has 0 aromatic carbocycles. The van der Waals surface area contributed by atoms with E-state index in [1.54, 1.807) is 0 Å². The van der Waals surface area contributed by atoms with Crippen LogP contribution < -0.4 is 0 Å². The van der Waals surface area contributed by atoms with Gasteiger partial charge in [0.05, 0.1) is 12.5 Å². The van der Waals surface area contributed by atoms with E-state index >= 15 is 0 Å². The summed E-state index contributed by atoms with van der Waals surface area (Å²) in [6.07, 6.45) is 0.853. The second-order valence-electron chi connectivity index (χ2n) is 1.82. The molecule has 0 saturated carbocycles. The van der Waals surface area contributed by atoms with Gasteiger partial charge in [-0.3, -0.25) is 0 Å². The minimum Gasteiger partial charge on any atom is -0.501 e. The number of esters is 1. The van der Waals surface area contributed by atoms with E-state index in [4.69, 9.17) is 5.11 Å². The first-order chi connectivity index (χ1) is 4.87. The Labute approximate surface area is 64.2 Å². The number of carbonyl (C=O) groups is 1. The van der Waals surface area contributed by atoms with E-state index in [0.29, 0.717) is 5.41 Å². The maximum Gasteiger partial charge on any atom is 0.373 e. The Balaban J connectivity index is 4.62. The van der Waals surface area contributed by atoms with Crippen LogP contribution in [0.2, 0.25) is 0 Å². The Bertz CT molecular complexity index is 273. The van der Waals surface area contributed by atoms with Crippen LogP contribution in [0.3, 0.4) is 0 Å². The minimum absolute atomic E-state index is 0.429. The Morgan fingerprint density at radius 1 is 1.55 bits per heavy atom. The number of carbonyl (C=O) groups excluding carboxylic acids is 1. The van der Waals surface area contributed by atoms with Gasteiger partial charge in [0, 0.05) is 6.26 Å². The number of aliphatic hydroxyl groups is 1. The Kier molecular flexibility index (Phi) is 3.06. The van der Waals surface area contributed by atoms with Crippen LogP contribution in [0.25, 0.3) is 0 Å². The molecule has 0 radical (unpaired) electrons. The molecule has 0 unspecified atom stereocenters. The van der Waals surface area contributed by atoms with Crippen molar-refractivity contribution >= 4 is 15.8 Å². The summed E-state index contributed by atoms with van der Waals surface area (Å²) in [7, 11) is -2.45. The molecule has 0 heterocycles. The van der Waals surface area contributed by atoms with Gasteiger partial charge in [-0.15, -0.1) is 0 Å². The van der Waals surface area contributed by atoms with Crippen LogP contribution in [-0.4, -0.2) is 32.9 Å². The van der Waals surface area contributed by atoms with Gasteiger partial charge in [-0.05, 0) is 0 Å². The summed E-state index contributed by atoms with van der Waals surface area (Å²) in [6, 6.07) is 0. The van der Waals surface area contributed by atoms with Crippen molar-refractivity contribution in [1.29, 1.82) is 0 Å². The summed E-state index contributed by atoms with van der Waals surface area (Å²) >= 11 is 0. The maximum absolute atomic E-state index is 10.4. The predicted octanol–water partition coefficient (Wildman–Crippen LogP) is -0.397. The first-order valence-corrected chi connectivity index (χ1v) is 4.51. The summed E-state index contributed by atoms with van der Waals surface area (Å²) < 4.78 is 24.9. The summed E-state index contributed by atoms with van der Waals surface area (Å²) in [5.74, 6) is -1.99. The van der Waals surface area contributed by atoms with E-state index in [1.165, 1.54) is 0 Å². The second-order valence-corrected chi connectivity index (χ2v) is 3.72. The Morgan fingerprint density at radius 2 is 2.00 bits per heavy atom. The molecular weight excluding hydrogens is 172 g/mol.